The van der Waals surface area contributed by atoms with Crippen molar-refractivity contribution in [2.75, 3.05) is 0 Å². The lowest BCUT2D eigenvalue weighted by Crippen LogP contribution is -2.41. The highest BCUT2D eigenvalue weighted by Crippen LogP contribution is 2.52. The van der Waals surface area contributed by atoms with E-state index >= 15 is 0 Å². The van der Waals surface area contributed by atoms with Crippen LogP contribution in [0.3, 0.4) is 0 Å². The second-order valence-corrected chi connectivity index (χ2v) is 5.55. The van der Waals surface area contributed by atoms with E-state index in [1.807, 2.05) is 0 Å². The first-order chi connectivity index (χ1) is 8.29. The van der Waals surface area contributed by atoms with Gasteiger partial charge in [-0.05, 0) is 36.8 Å². The van der Waals surface area contributed by atoms with E-state index in [2.05, 4.69) is 38.1 Å². The largest absolute Gasteiger partial charge is 0.257 e. The minimum Gasteiger partial charge on any atom is -0.257 e. The fourth-order valence-electron chi connectivity index (χ4n) is 3.92. The summed E-state index contributed by atoms with van der Waals surface area (Å²) in [5, 5.41) is 0. The molecule has 0 saturated heterocycles. The van der Waals surface area contributed by atoms with Gasteiger partial charge in [-0.3, -0.25) is 4.99 Å². The van der Waals surface area contributed by atoms with Crippen LogP contribution in [0.4, 0.5) is 5.69 Å². The molecule has 1 nitrogen and oxygen atoms in total. The summed E-state index contributed by atoms with van der Waals surface area (Å²) >= 11 is 0. The van der Waals surface area contributed by atoms with Crippen molar-refractivity contribution in [3.8, 4) is 0 Å². The van der Waals surface area contributed by atoms with Crippen LogP contribution in [0.25, 0.3) is 0 Å². The summed E-state index contributed by atoms with van der Waals surface area (Å²) in [6.07, 6.45) is 6.50. The van der Waals surface area contributed by atoms with Gasteiger partial charge in [0.1, 0.15) is 0 Å². The smallest absolute Gasteiger partial charge is 0.0671 e. The predicted molar refractivity (Wildman–Crippen MR) is 73.1 cm³/mol. The molecule has 0 amide bonds. The van der Waals surface area contributed by atoms with Crippen LogP contribution in [0.15, 0.2) is 29.3 Å². The molecular weight excluding hydrogens is 206 g/mol. The Morgan fingerprint density at radius 3 is 2.88 bits per heavy atom. The lowest BCUT2D eigenvalue weighted by atomic mass is 9.61. The van der Waals surface area contributed by atoms with E-state index in [-0.39, 0.29) is 5.41 Å². The lowest BCUT2D eigenvalue weighted by Gasteiger charge is -2.41. The molecule has 1 aliphatic carbocycles. The monoisotopic (exact) mass is 227 g/mol. The van der Waals surface area contributed by atoms with Crippen molar-refractivity contribution < 1.29 is 0 Å². The van der Waals surface area contributed by atoms with E-state index in [1.165, 1.54) is 42.6 Å². The number of aliphatic imine (C=N–C) groups is 1. The number of para-hydroxylation sites is 1. The fraction of sp³-hybridized carbons (Fsp3) is 0.562. The highest BCUT2D eigenvalue weighted by molar-refractivity contribution is 6.02. The average Bonchev–Trinajstić information content (AvgIpc) is 2.68. The minimum atomic E-state index is 0.281. The molecule has 1 aliphatic heterocycles. The zero-order valence-electron chi connectivity index (χ0n) is 10.9. The van der Waals surface area contributed by atoms with E-state index in [0.29, 0.717) is 0 Å². The first kappa shape index (κ1) is 11.0. The van der Waals surface area contributed by atoms with E-state index in [0.717, 1.165) is 12.3 Å². The summed E-state index contributed by atoms with van der Waals surface area (Å²) < 4.78 is 0. The number of benzene rings is 1. The highest BCUT2D eigenvalue weighted by Gasteiger charge is 2.47. The molecule has 3 rings (SSSR count). The van der Waals surface area contributed by atoms with Gasteiger partial charge in [0.15, 0.2) is 0 Å². The normalized spacial score (nSPS) is 31.4. The fourth-order valence-corrected chi connectivity index (χ4v) is 3.92. The van der Waals surface area contributed by atoms with Gasteiger partial charge in [-0.25, -0.2) is 0 Å². The summed E-state index contributed by atoms with van der Waals surface area (Å²) in [5.74, 6) is 0.749. The van der Waals surface area contributed by atoms with E-state index in [4.69, 9.17) is 4.99 Å². The molecule has 1 heterocycles. The average molecular weight is 227 g/mol. The standard InChI is InChI=1S/C16H21N/c1-3-15-16(11-7-6-8-12(16)2)13-9-4-5-10-14(13)17-15/h4-5,9-10,12H,3,6-8,11H2,1-2H3/t12-,16+/m1/s1. The van der Waals surface area contributed by atoms with Crippen LogP contribution in [-0.4, -0.2) is 5.71 Å². The van der Waals surface area contributed by atoms with Crippen molar-refractivity contribution in [2.45, 2.75) is 51.4 Å². The molecule has 1 aromatic rings. The summed E-state index contributed by atoms with van der Waals surface area (Å²) in [5.41, 5.74) is 4.46. The molecule has 2 aliphatic rings. The molecule has 1 spiro atoms. The van der Waals surface area contributed by atoms with Crippen molar-refractivity contribution in [1.82, 2.24) is 0 Å². The maximum Gasteiger partial charge on any atom is 0.0671 e. The third kappa shape index (κ3) is 1.41. The number of fused-ring (bicyclic) bond motifs is 2. The summed E-state index contributed by atoms with van der Waals surface area (Å²) in [7, 11) is 0. The highest BCUT2D eigenvalue weighted by atomic mass is 14.8. The molecule has 0 bridgehead atoms. The molecule has 0 radical (unpaired) electrons. The molecule has 0 N–H and O–H groups in total. The molecule has 1 heteroatoms. The van der Waals surface area contributed by atoms with Gasteiger partial charge < -0.3 is 0 Å². The predicted octanol–water partition coefficient (Wildman–Crippen LogP) is 4.63. The topological polar surface area (TPSA) is 12.4 Å². The Morgan fingerprint density at radius 1 is 1.29 bits per heavy atom. The third-order valence-corrected chi connectivity index (χ3v) is 4.79. The van der Waals surface area contributed by atoms with Crippen molar-refractivity contribution >= 4 is 11.4 Å². The molecule has 17 heavy (non-hydrogen) atoms. The molecule has 90 valence electrons. The Kier molecular flexibility index (Phi) is 2.57. The zero-order chi connectivity index (χ0) is 11.9. The van der Waals surface area contributed by atoms with Crippen LogP contribution in [0.1, 0.15) is 51.5 Å². The molecule has 1 fully saturated rings. The maximum atomic E-state index is 4.91. The molecule has 0 aromatic heterocycles. The van der Waals surface area contributed by atoms with Crippen LogP contribution in [-0.2, 0) is 5.41 Å². The van der Waals surface area contributed by atoms with Crippen molar-refractivity contribution in [2.24, 2.45) is 10.9 Å². The Hall–Kier alpha value is -1.11. The van der Waals surface area contributed by atoms with Gasteiger partial charge in [-0.2, -0.15) is 0 Å². The van der Waals surface area contributed by atoms with Gasteiger partial charge >= 0.3 is 0 Å². The van der Waals surface area contributed by atoms with Crippen LogP contribution >= 0.6 is 0 Å². The molecule has 1 aromatic carbocycles. The Morgan fingerprint density at radius 2 is 2.12 bits per heavy atom. The number of nitrogens with zero attached hydrogens (tertiary/aromatic N) is 1. The maximum absolute atomic E-state index is 4.91. The van der Waals surface area contributed by atoms with E-state index < -0.39 is 0 Å². The summed E-state index contributed by atoms with van der Waals surface area (Å²) in [4.78, 5) is 4.91. The van der Waals surface area contributed by atoms with Gasteiger partial charge in [0, 0.05) is 11.1 Å². The van der Waals surface area contributed by atoms with Gasteiger partial charge in [0.2, 0.25) is 0 Å². The molecule has 0 unspecified atom stereocenters. The van der Waals surface area contributed by atoms with Gasteiger partial charge in [0.25, 0.3) is 0 Å². The summed E-state index contributed by atoms with van der Waals surface area (Å²) in [6.45, 7) is 4.68. The van der Waals surface area contributed by atoms with Crippen LogP contribution in [0, 0.1) is 5.92 Å². The van der Waals surface area contributed by atoms with Gasteiger partial charge in [-0.1, -0.05) is 44.9 Å². The summed E-state index contributed by atoms with van der Waals surface area (Å²) in [6, 6.07) is 8.78. The quantitative estimate of drug-likeness (QED) is 0.663. The van der Waals surface area contributed by atoms with Crippen LogP contribution in [0.2, 0.25) is 0 Å². The Balaban J connectivity index is 2.16. The van der Waals surface area contributed by atoms with Crippen LogP contribution in [0.5, 0.6) is 0 Å². The van der Waals surface area contributed by atoms with E-state index in [9.17, 15) is 0 Å². The Labute approximate surface area is 104 Å². The zero-order valence-corrected chi connectivity index (χ0v) is 10.9. The first-order valence-electron chi connectivity index (χ1n) is 6.96. The second kappa shape index (κ2) is 3.97. The molecular formula is C16H21N. The lowest BCUT2D eigenvalue weighted by molar-refractivity contribution is 0.275. The molecule has 1 saturated carbocycles. The SMILES string of the molecule is CCC1=Nc2ccccc2[C@@]12CCCC[C@H]2C. The number of hydrogen-bond acceptors (Lipinski definition) is 1. The van der Waals surface area contributed by atoms with Gasteiger partial charge in [-0.15, -0.1) is 0 Å². The third-order valence-electron chi connectivity index (χ3n) is 4.79. The molecule has 2 atom stereocenters. The Bertz CT molecular complexity index is 460. The van der Waals surface area contributed by atoms with Gasteiger partial charge in [0.05, 0.1) is 5.69 Å². The first-order valence-corrected chi connectivity index (χ1v) is 6.96. The second-order valence-electron chi connectivity index (χ2n) is 5.55. The number of rotatable bonds is 1. The van der Waals surface area contributed by atoms with Crippen molar-refractivity contribution in [3.05, 3.63) is 29.8 Å². The van der Waals surface area contributed by atoms with Crippen molar-refractivity contribution in [3.63, 3.8) is 0 Å². The number of hydrogen-bond donors (Lipinski definition) is 0. The van der Waals surface area contributed by atoms with Crippen LogP contribution < -0.4 is 0 Å². The van der Waals surface area contributed by atoms with E-state index in [1.54, 1.807) is 0 Å². The van der Waals surface area contributed by atoms with Crippen molar-refractivity contribution in [1.29, 1.82) is 0 Å². The minimum absolute atomic E-state index is 0.281.